The van der Waals surface area contributed by atoms with Crippen LogP contribution in [-0.4, -0.2) is 25.8 Å². The second-order valence-electron chi connectivity index (χ2n) is 10.6. The molecule has 1 aliphatic heterocycles. The van der Waals surface area contributed by atoms with Gasteiger partial charge in [0.2, 0.25) is 0 Å². The van der Waals surface area contributed by atoms with Crippen molar-refractivity contribution in [1.82, 2.24) is 14.0 Å². The number of fused-ring (bicyclic) bond motifs is 2. The molecule has 0 bridgehead atoms. The lowest BCUT2D eigenvalue weighted by Crippen LogP contribution is -2.30. The number of hydrogen-bond acceptors (Lipinski definition) is 2. The fourth-order valence-corrected chi connectivity index (χ4v) is 6.02. The summed E-state index contributed by atoms with van der Waals surface area (Å²) >= 11 is 0. The Labute approximate surface area is 235 Å². The summed E-state index contributed by atoms with van der Waals surface area (Å²) in [5.74, 6) is -0.460. The summed E-state index contributed by atoms with van der Waals surface area (Å²) in [4.78, 5) is 30.0. The van der Waals surface area contributed by atoms with E-state index in [-0.39, 0.29) is 18.4 Å². The van der Waals surface area contributed by atoms with Crippen LogP contribution in [0.1, 0.15) is 56.2 Å². The van der Waals surface area contributed by atoms with Gasteiger partial charge in [-0.05, 0) is 30.5 Å². The smallest absolute Gasteiger partial charge is 0.262 e. The molecule has 0 atom stereocenters. The zero-order valence-electron chi connectivity index (χ0n) is 23.3. The van der Waals surface area contributed by atoms with E-state index in [9.17, 15) is 9.59 Å². The molecule has 0 unspecified atom stereocenters. The Morgan fingerprint density at radius 2 is 1.10 bits per heavy atom. The summed E-state index contributed by atoms with van der Waals surface area (Å²) in [7, 11) is 0. The molecule has 5 nitrogen and oxygen atoms in total. The van der Waals surface area contributed by atoms with Gasteiger partial charge in [0.15, 0.2) is 0 Å². The van der Waals surface area contributed by atoms with Gasteiger partial charge in [-0.2, -0.15) is 0 Å². The number of aromatic nitrogens is 2. The molecule has 3 aromatic carbocycles. The van der Waals surface area contributed by atoms with E-state index in [1.165, 1.54) is 4.90 Å². The highest BCUT2D eigenvalue weighted by atomic mass is 16.2. The molecule has 0 spiro atoms. The quantitative estimate of drug-likeness (QED) is 0.138. The van der Waals surface area contributed by atoms with Crippen LogP contribution in [0.2, 0.25) is 0 Å². The maximum absolute atomic E-state index is 14.3. The molecule has 0 radical (unpaired) electrons. The number of imide groups is 1. The number of carbonyl (C=O) groups excluding carboxylic acids is 2. The van der Waals surface area contributed by atoms with Crippen LogP contribution in [0.3, 0.4) is 0 Å². The van der Waals surface area contributed by atoms with E-state index in [4.69, 9.17) is 0 Å². The number of hydrogen-bond donors (Lipinski definition) is 0. The Kier molecular flexibility index (Phi) is 7.12. The molecular formula is C35H35N3O2. The van der Waals surface area contributed by atoms with Crippen LogP contribution in [0.5, 0.6) is 0 Å². The van der Waals surface area contributed by atoms with Crippen LogP contribution in [0.25, 0.3) is 33.0 Å². The van der Waals surface area contributed by atoms with Crippen molar-refractivity contribution < 1.29 is 9.59 Å². The van der Waals surface area contributed by atoms with Gasteiger partial charge in [0.05, 0.1) is 17.7 Å². The van der Waals surface area contributed by atoms with E-state index in [1.807, 2.05) is 54.6 Å². The van der Waals surface area contributed by atoms with Gasteiger partial charge in [-0.3, -0.25) is 14.5 Å². The Morgan fingerprint density at radius 1 is 0.575 bits per heavy atom. The van der Waals surface area contributed by atoms with Gasteiger partial charge in [-0.15, -0.1) is 0 Å². The summed E-state index contributed by atoms with van der Waals surface area (Å²) in [5.41, 5.74) is 5.78. The molecule has 202 valence electrons. The molecule has 5 heteroatoms. The zero-order chi connectivity index (χ0) is 27.6. The monoisotopic (exact) mass is 529 g/mol. The lowest BCUT2D eigenvalue weighted by Gasteiger charge is -2.15. The van der Waals surface area contributed by atoms with E-state index in [1.54, 1.807) is 0 Å². The first-order valence-corrected chi connectivity index (χ1v) is 14.4. The van der Waals surface area contributed by atoms with Crippen LogP contribution in [0.15, 0.2) is 91.3 Å². The van der Waals surface area contributed by atoms with Gasteiger partial charge in [-0.1, -0.05) is 93.4 Å². The Bertz CT molecular complexity index is 1740. The van der Waals surface area contributed by atoms with E-state index in [0.717, 1.165) is 77.3 Å². The van der Waals surface area contributed by atoms with Gasteiger partial charge >= 0.3 is 0 Å². The predicted octanol–water partition coefficient (Wildman–Crippen LogP) is 7.68. The van der Waals surface area contributed by atoms with Crippen molar-refractivity contribution >= 4 is 44.8 Å². The molecule has 3 heterocycles. The molecule has 0 saturated heterocycles. The van der Waals surface area contributed by atoms with Crippen LogP contribution in [-0.2, 0) is 29.2 Å². The number of para-hydroxylation sites is 2. The highest BCUT2D eigenvalue weighted by molar-refractivity contribution is 6.50. The van der Waals surface area contributed by atoms with Gasteiger partial charge < -0.3 is 9.13 Å². The Hall–Kier alpha value is -4.38. The summed E-state index contributed by atoms with van der Waals surface area (Å²) in [6, 6.07) is 26.2. The summed E-state index contributed by atoms with van der Waals surface area (Å²) in [5, 5.41) is 2.00. The minimum absolute atomic E-state index is 0.229. The fourth-order valence-electron chi connectivity index (χ4n) is 6.02. The molecule has 2 amide bonds. The molecule has 0 fully saturated rings. The maximum atomic E-state index is 14.3. The van der Waals surface area contributed by atoms with Crippen molar-refractivity contribution in [2.24, 2.45) is 0 Å². The van der Waals surface area contributed by atoms with Gasteiger partial charge in [0.1, 0.15) is 0 Å². The highest BCUT2D eigenvalue weighted by Crippen LogP contribution is 2.42. The second kappa shape index (κ2) is 11.0. The first-order chi connectivity index (χ1) is 19.6. The first-order valence-electron chi connectivity index (χ1n) is 14.4. The predicted molar refractivity (Wildman–Crippen MR) is 163 cm³/mol. The van der Waals surface area contributed by atoms with Crippen LogP contribution < -0.4 is 0 Å². The molecular weight excluding hydrogens is 494 g/mol. The summed E-state index contributed by atoms with van der Waals surface area (Å²) in [6.07, 6.45) is 8.50. The average Bonchev–Trinajstić information content (AvgIpc) is 3.60. The number of unbranched alkanes of at least 4 members (excludes halogenated alkanes) is 2. The fraction of sp³-hybridized carbons (Fsp3) is 0.257. The number of aryl methyl sites for hydroxylation is 2. The largest absolute Gasteiger partial charge is 0.347 e. The topological polar surface area (TPSA) is 47.2 Å². The lowest BCUT2D eigenvalue weighted by molar-refractivity contribution is -0.136. The highest BCUT2D eigenvalue weighted by Gasteiger charge is 2.41. The maximum Gasteiger partial charge on any atom is 0.262 e. The van der Waals surface area contributed by atoms with Crippen LogP contribution in [0, 0.1) is 0 Å². The minimum Gasteiger partial charge on any atom is -0.347 e. The number of carbonyl (C=O) groups is 2. The van der Waals surface area contributed by atoms with Gasteiger partial charge in [0.25, 0.3) is 11.8 Å². The van der Waals surface area contributed by atoms with Crippen LogP contribution in [0.4, 0.5) is 0 Å². The third kappa shape index (κ3) is 4.45. The summed E-state index contributed by atoms with van der Waals surface area (Å²) in [6.45, 7) is 6.32. The Balaban J connectivity index is 1.58. The average molecular weight is 530 g/mol. The van der Waals surface area contributed by atoms with Gasteiger partial charge in [0, 0.05) is 58.4 Å². The van der Waals surface area contributed by atoms with E-state index >= 15 is 0 Å². The molecule has 6 rings (SSSR count). The minimum atomic E-state index is -0.230. The lowest BCUT2D eigenvalue weighted by atomic mass is 9.95. The zero-order valence-corrected chi connectivity index (χ0v) is 23.3. The molecule has 1 aliphatic rings. The van der Waals surface area contributed by atoms with Crippen molar-refractivity contribution in [1.29, 1.82) is 0 Å². The normalized spacial score (nSPS) is 13.9. The van der Waals surface area contributed by atoms with Crippen molar-refractivity contribution in [3.05, 3.63) is 108 Å². The van der Waals surface area contributed by atoms with Crippen molar-refractivity contribution in [3.63, 3.8) is 0 Å². The standard InChI is InChI=1S/C35H35N3O2/c1-3-5-13-21-37-24-29(27-17-10-12-19-31(27)37)33-32(28-23-36(20-4-2)30-18-11-9-16-26(28)30)34(39)38(35(33)40)22-25-14-7-6-8-15-25/h6-12,14-19,23-24H,3-5,13,20-22H2,1-2H3. The molecule has 0 saturated carbocycles. The summed E-state index contributed by atoms with van der Waals surface area (Å²) < 4.78 is 4.46. The van der Waals surface area contributed by atoms with E-state index < -0.39 is 0 Å². The Morgan fingerprint density at radius 3 is 1.65 bits per heavy atom. The van der Waals surface area contributed by atoms with E-state index in [0.29, 0.717) is 11.1 Å². The molecule has 2 aromatic heterocycles. The van der Waals surface area contributed by atoms with Crippen molar-refractivity contribution in [2.75, 3.05) is 0 Å². The second-order valence-corrected chi connectivity index (χ2v) is 10.6. The molecule has 0 aliphatic carbocycles. The molecule has 40 heavy (non-hydrogen) atoms. The molecule has 5 aromatic rings. The number of benzene rings is 3. The number of nitrogens with zero attached hydrogens (tertiary/aromatic N) is 3. The third-order valence-electron chi connectivity index (χ3n) is 7.93. The molecule has 0 N–H and O–H groups in total. The first kappa shape index (κ1) is 25.9. The van der Waals surface area contributed by atoms with Gasteiger partial charge in [-0.25, -0.2) is 0 Å². The number of amides is 2. The van der Waals surface area contributed by atoms with E-state index in [2.05, 4.69) is 59.6 Å². The third-order valence-corrected chi connectivity index (χ3v) is 7.93. The van der Waals surface area contributed by atoms with Crippen LogP contribution >= 0.6 is 0 Å². The SMILES string of the molecule is CCCCCn1cc(C2=C(c3cn(CCC)c4ccccc34)C(=O)N(Cc3ccccc3)C2=O)c2ccccc21. The van der Waals surface area contributed by atoms with Crippen molar-refractivity contribution in [2.45, 2.75) is 59.2 Å². The number of rotatable bonds is 10. The van der Waals surface area contributed by atoms with Crippen molar-refractivity contribution in [3.8, 4) is 0 Å².